The van der Waals surface area contributed by atoms with Gasteiger partial charge in [-0.1, -0.05) is 35.9 Å². The molecule has 34 heavy (non-hydrogen) atoms. The first kappa shape index (κ1) is 22.6. The van der Waals surface area contributed by atoms with E-state index >= 15 is 0 Å². The van der Waals surface area contributed by atoms with Crippen LogP contribution in [-0.4, -0.2) is 46.1 Å². The van der Waals surface area contributed by atoms with Gasteiger partial charge in [0.15, 0.2) is 15.7 Å². The molecule has 1 fully saturated rings. The van der Waals surface area contributed by atoms with Crippen molar-refractivity contribution < 1.29 is 13.2 Å². The topological polar surface area (TPSA) is 94.0 Å². The number of benzene rings is 2. The van der Waals surface area contributed by atoms with Crippen molar-refractivity contribution in [3.05, 3.63) is 76.9 Å². The van der Waals surface area contributed by atoms with Crippen molar-refractivity contribution in [2.45, 2.75) is 25.8 Å². The molecule has 5 rings (SSSR count). The van der Waals surface area contributed by atoms with Gasteiger partial charge in [0.05, 0.1) is 27.6 Å². The van der Waals surface area contributed by atoms with Gasteiger partial charge >= 0.3 is 0 Å². The van der Waals surface area contributed by atoms with Gasteiger partial charge in [-0.2, -0.15) is 5.10 Å². The van der Waals surface area contributed by atoms with Crippen LogP contribution in [-0.2, 0) is 9.84 Å². The van der Waals surface area contributed by atoms with Crippen molar-refractivity contribution in [3.63, 3.8) is 0 Å². The third-order valence-electron chi connectivity index (χ3n) is 6.10. The fourth-order valence-electron chi connectivity index (χ4n) is 4.32. The number of rotatable bonds is 4. The molecule has 9 heteroatoms. The van der Waals surface area contributed by atoms with Gasteiger partial charge in [0.1, 0.15) is 5.69 Å². The molecule has 4 aromatic rings. The summed E-state index contributed by atoms with van der Waals surface area (Å²) in [6.45, 7) is 3.73. The van der Waals surface area contributed by atoms with Crippen LogP contribution in [0.2, 0.25) is 5.02 Å². The summed E-state index contributed by atoms with van der Waals surface area (Å²) in [5.74, 6) is 0.303. The first-order chi connectivity index (χ1) is 16.1. The van der Waals surface area contributed by atoms with Gasteiger partial charge in [-0.05, 0) is 56.2 Å². The molecular formula is C25H23ClN4O3S. The van der Waals surface area contributed by atoms with Crippen LogP contribution >= 0.6 is 11.6 Å². The second-order valence-electron chi connectivity index (χ2n) is 9.02. The van der Waals surface area contributed by atoms with Gasteiger partial charge in [-0.15, -0.1) is 0 Å². The number of amides is 1. The summed E-state index contributed by atoms with van der Waals surface area (Å²) in [6.07, 6.45) is 2.15. The van der Waals surface area contributed by atoms with E-state index in [1.54, 1.807) is 29.9 Å². The Morgan fingerprint density at radius 1 is 1.15 bits per heavy atom. The number of fused-ring (bicyclic) bond motifs is 1. The Morgan fingerprint density at radius 2 is 1.94 bits per heavy atom. The van der Waals surface area contributed by atoms with Crippen molar-refractivity contribution in [2.24, 2.45) is 0 Å². The number of halogens is 1. The smallest absolute Gasteiger partial charge is 0.251 e. The molecule has 2 aromatic carbocycles. The zero-order valence-corrected chi connectivity index (χ0v) is 20.3. The number of aromatic nitrogens is 3. The van der Waals surface area contributed by atoms with E-state index in [4.69, 9.17) is 16.7 Å². The minimum Gasteiger partial charge on any atom is -0.346 e. The number of pyridine rings is 1. The minimum atomic E-state index is -3.14. The molecule has 174 valence electrons. The van der Waals surface area contributed by atoms with Crippen LogP contribution in [0.1, 0.15) is 29.3 Å². The quantitative estimate of drug-likeness (QED) is 0.455. The maximum Gasteiger partial charge on any atom is 0.251 e. The number of carbonyl (C=O) groups excluding carboxylic acids is 1. The molecule has 3 heterocycles. The van der Waals surface area contributed by atoms with E-state index in [9.17, 15) is 13.2 Å². The normalized spacial score (nSPS) is 19.4. The highest BCUT2D eigenvalue weighted by Gasteiger charge is 2.39. The molecule has 0 spiro atoms. The summed E-state index contributed by atoms with van der Waals surface area (Å²) in [5, 5.41) is 9.13. The first-order valence-electron chi connectivity index (χ1n) is 10.9. The predicted molar refractivity (Wildman–Crippen MR) is 133 cm³/mol. The van der Waals surface area contributed by atoms with E-state index in [1.165, 1.54) is 0 Å². The number of carbonyl (C=O) groups is 1. The highest BCUT2D eigenvalue weighted by Crippen LogP contribution is 2.34. The van der Waals surface area contributed by atoms with Crippen molar-refractivity contribution in [1.82, 2.24) is 20.1 Å². The van der Waals surface area contributed by atoms with E-state index in [0.29, 0.717) is 34.0 Å². The zero-order chi connectivity index (χ0) is 24.1. The first-order valence-corrected chi connectivity index (χ1v) is 13.1. The summed E-state index contributed by atoms with van der Waals surface area (Å²) >= 11 is 6.47. The van der Waals surface area contributed by atoms with Gasteiger partial charge in [-0.3, -0.25) is 4.79 Å². The lowest BCUT2D eigenvalue weighted by Gasteiger charge is -2.23. The Kier molecular flexibility index (Phi) is 5.45. The molecule has 1 unspecified atom stereocenters. The van der Waals surface area contributed by atoms with Gasteiger partial charge in [-0.25, -0.2) is 18.1 Å². The van der Waals surface area contributed by atoms with Gasteiger partial charge in [0.2, 0.25) is 0 Å². The zero-order valence-electron chi connectivity index (χ0n) is 18.7. The van der Waals surface area contributed by atoms with Gasteiger partial charge in [0.25, 0.3) is 5.91 Å². The third-order valence-corrected chi connectivity index (χ3v) is 8.34. The van der Waals surface area contributed by atoms with E-state index in [0.717, 1.165) is 16.5 Å². The number of aryl methyl sites for hydroxylation is 1. The SMILES string of the molecule is Cc1ccc(-n2nc(-c3ccccc3Cl)c3ccc(C(=O)NC4(C)CCS(=O)(=O)C4)cc32)nc1. The molecule has 1 atom stereocenters. The molecule has 7 nitrogen and oxygen atoms in total. The Balaban J connectivity index is 1.62. The Bertz CT molecular complexity index is 1530. The summed E-state index contributed by atoms with van der Waals surface area (Å²) in [4.78, 5) is 17.6. The second-order valence-corrected chi connectivity index (χ2v) is 11.6. The summed E-state index contributed by atoms with van der Waals surface area (Å²) in [7, 11) is -3.14. The molecule has 1 saturated heterocycles. The van der Waals surface area contributed by atoms with Crippen LogP contribution in [0.4, 0.5) is 0 Å². The number of hydrogen-bond acceptors (Lipinski definition) is 5. The number of hydrogen-bond donors (Lipinski definition) is 1. The molecule has 2 aromatic heterocycles. The fraction of sp³-hybridized carbons (Fsp3) is 0.240. The molecular weight excluding hydrogens is 472 g/mol. The lowest BCUT2D eigenvalue weighted by Crippen LogP contribution is -2.46. The third kappa shape index (κ3) is 4.19. The lowest BCUT2D eigenvalue weighted by atomic mass is 10.0. The summed E-state index contributed by atoms with van der Waals surface area (Å²) < 4.78 is 25.6. The largest absolute Gasteiger partial charge is 0.346 e. The van der Waals surface area contributed by atoms with Crippen LogP contribution in [0.5, 0.6) is 0 Å². The van der Waals surface area contributed by atoms with Crippen molar-refractivity contribution in [1.29, 1.82) is 0 Å². The standard InChI is InChI=1S/C25H23ClN4O3S/c1-16-7-10-22(27-14-16)30-21-13-17(24(31)28-25(2)11-12-34(32,33)15-25)8-9-19(21)23(29-30)18-5-3-4-6-20(18)26/h3-10,13-14H,11-12,15H2,1-2H3,(H,28,31). The monoisotopic (exact) mass is 494 g/mol. The van der Waals surface area contributed by atoms with Crippen LogP contribution in [0.15, 0.2) is 60.8 Å². The minimum absolute atomic E-state index is 0.0597. The van der Waals surface area contributed by atoms with Crippen LogP contribution in [0, 0.1) is 6.92 Å². The van der Waals surface area contributed by atoms with Gasteiger partial charge < -0.3 is 5.32 Å². The average molecular weight is 495 g/mol. The number of nitrogens with one attached hydrogen (secondary N) is 1. The highest BCUT2D eigenvalue weighted by atomic mass is 35.5. The molecule has 0 aliphatic carbocycles. The molecule has 0 bridgehead atoms. The van der Waals surface area contributed by atoms with Crippen molar-refractivity contribution >= 4 is 38.2 Å². The maximum atomic E-state index is 13.1. The second kappa shape index (κ2) is 8.21. The molecule has 0 saturated carbocycles. The Hall–Kier alpha value is -3.23. The molecule has 1 aliphatic rings. The predicted octanol–water partition coefficient (Wildman–Crippen LogP) is 4.36. The molecule has 1 amide bonds. The highest BCUT2D eigenvalue weighted by molar-refractivity contribution is 7.91. The fourth-order valence-corrected chi connectivity index (χ4v) is 6.64. The van der Waals surface area contributed by atoms with E-state index in [2.05, 4.69) is 10.3 Å². The van der Waals surface area contributed by atoms with E-state index in [1.807, 2.05) is 49.4 Å². The molecule has 1 N–H and O–H groups in total. The Morgan fingerprint density at radius 3 is 2.62 bits per heavy atom. The van der Waals surface area contributed by atoms with Crippen molar-refractivity contribution in [3.8, 4) is 17.1 Å². The maximum absolute atomic E-state index is 13.1. The van der Waals surface area contributed by atoms with E-state index in [-0.39, 0.29) is 17.4 Å². The van der Waals surface area contributed by atoms with Gasteiger partial charge in [0, 0.05) is 22.7 Å². The van der Waals surface area contributed by atoms with Crippen LogP contribution in [0.3, 0.4) is 0 Å². The van der Waals surface area contributed by atoms with E-state index < -0.39 is 15.4 Å². The lowest BCUT2D eigenvalue weighted by molar-refractivity contribution is 0.0915. The summed E-state index contributed by atoms with van der Waals surface area (Å²) in [6, 6.07) is 16.6. The van der Waals surface area contributed by atoms with Crippen LogP contribution in [0.25, 0.3) is 28.0 Å². The molecule has 1 aliphatic heterocycles. The molecule has 0 radical (unpaired) electrons. The Labute approximate surface area is 202 Å². The number of nitrogens with zero attached hydrogens (tertiary/aromatic N) is 3. The average Bonchev–Trinajstić information content (AvgIpc) is 3.30. The van der Waals surface area contributed by atoms with Crippen molar-refractivity contribution in [2.75, 3.05) is 11.5 Å². The number of sulfone groups is 1. The summed E-state index contributed by atoms with van der Waals surface area (Å²) in [5.41, 5.74) is 2.81. The van der Waals surface area contributed by atoms with Crippen LogP contribution < -0.4 is 5.32 Å².